The second-order valence-electron chi connectivity index (χ2n) is 19.2. The van der Waals surface area contributed by atoms with Crippen molar-refractivity contribution in [3.63, 3.8) is 0 Å². The summed E-state index contributed by atoms with van der Waals surface area (Å²) in [7, 11) is 0. The minimum Gasteiger partial charge on any atom is -0.462 e. The Balaban J connectivity index is 4.42. The van der Waals surface area contributed by atoms with Crippen LogP contribution in [0.1, 0.15) is 290 Å². The van der Waals surface area contributed by atoms with Crippen LogP contribution < -0.4 is 0 Å². The van der Waals surface area contributed by atoms with Crippen LogP contribution in [0, 0.1) is 0 Å². The van der Waals surface area contributed by atoms with Gasteiger partial charge in [-0.1, -0.05) is 223 Å². The fourth-order valence-electron chi connectivity index (χ4n) is 8.09. The molecule has 0 saturated heterocycles. The van der Waals surface area contributed by atoms with Gasteiger partial charge in [0.05, 0.1) is 0 Å². The first-order valence-electron chi connectivity index (χ1n) is 28.8. The Bertz CT molecular complexity index is 1150. The number of esters is 3. The monoisotopic (exact) mass is 937 g/mol. The quantitative estimate of drug-likeness (QED) is 0.0262. The summed E-state index contributed by atoms with van der Waals surface area (Å²) in [6, 6.07) is 0. The molecule has 0 aliphatic rings. The van der Waals surface area contributed by atoms with Crippen LogP contribution in [0.15, 0.2) is 60.8 Å². The van der Waals surface area contributed by atoms with E-state index in [0.717, 1.165) is 64.2 Å². The van der Waals surface area contributed by atoms with E-state index in [9.17, 15) is 14.4 Å². The summed E-state index contributed by atoms with van der Waals surface area (Å²) in [4.78, 5) is 38.1. The topological polar surface area (TPSA) is 78.9 Å². The van der Waals surface area contributed by atoms with Gasteiger partial charge in [-0.25, -0.2) is 0 Å². The number of carbonyl (C=O) groups is 3. The number of rotatable bonds is 52. The van der Waals surface area contributed by atoms with Crippen LogP contribution in [0.5, 0.6) is 0 Å². The Morgan fingerprint density at radius 2 is 0.537 bits per heavy atom. The van der Waals surface area contributed by atoms with E-state index >= 15 is 0 Å². The van der Waals surface area contributed by atoms with E-state index in [1.165, 1.54) is 180 Å². The van der Waals surface area contributed by atoms with Crippen molar-refractivity contribution in [1.82, 2.24) is 0 Å². The van der Waals surface area contributed by atoms with Gasteiger partial charge in [0.25, 0.3) is 0 Å². The highest BCUT2D eigenvalue weighted by Gasteiger charge is 2.19. The molecule has 0 heterocycles. The summed E-state index contributed by atoms with van der Waals surface area (Å²) in [6.45, 7) is 6.59. The number of unbranched alkanes of at least 4 members (excludes halogenated alkanes) is 31. The molecule has 0 aromatic carbocycles. The van der Waals surface area contributed by atoms with Gasteiger partial charge in [0.2, 0.25) is 0 Å². The van der Waals surface area contributed by atoms with Crippen molar-refractivity contribution in [3.8, 4) is 0 Å². The van der Waals surface area contributed by atoms with Gasteiger partial charge in [-0.05, 0) is 109 Å². The van der Waals surface area contributed by atoms with Crippen LogP contribution in [-0.2, 0) is 28.6 Å². The third-order valence-corrected chi connectivity index (χ3v) is 12.5. The molecular formula is C61H108O6. The first kappa shape index (κ1) is 64.1. The van der Waals surface area contributed by atoms with Gasteiger partial charge < -0.3 is 14.2 Å². The third-order valence-electron chi connectivity index (χ3n) is 12.5. The van der Waals surface area contributed by atoms with Gasteiger partial charge >= 0.3 is 17.9 Å². The second-order valence-corrected chi connectivity index (χ2v) is 19.2. The Morgan fingerprint density at radius 3 is 0.910 bits per heavy atom. The fourth-order valence-corrected chi connectivity index (χ4v) is 8.09. The van der Waals surface area contributed by atoms with Crippen LogP contribution in [-0.4, -0.2) is 37.2 Å². The van der Waals surface area contributed by atoms with E-state index < -0.39 is 6.10 Å². The number of ether oxygens (including phenoxy) is 3. The molecule has 0 fully saturated rings. The maximum absolute atomic E-state index is 12.8. The summed E-state index contributed by atoms with van der Waals surface area (Å²) in [6.07, 6.45) is 69.2. The number of carbonyl (C=O) groups excluding carboxylic acids is 3. The zero-order valence-corrected chi connectivity index (χ0v) is 44.4. The van der Waals surface area contributed by atoms with Crippen LogP contribution >= 0.6 is 0 Å². The van der Waals surface area contributed by atoms with Gasteiger partial charge in [-0.3, -0.25) is 14.4 Å². The van der Waals surface area contributed by atoms with E-state index in [0.29, 0.717) is 19.3 Å². The molecule has 0 spiro atoms. The van der Waals surface area contributed by atoms with E-state index in [1.807, 2.05) is 0 Å². The molecule has 0 radical (unpaired) electrons. The van der Waals surface area contributed by atoms with E-state index in [4.69, 9.17) is 14.2 Å². The van der Waals surface area contributed by atoms with Gasteiger partial charge in [-0.2, -0.15) is 0 Å². The van der Waals surface area contributed by atoms with E-state index in [2.05, 4.69) is 81.5 Å². The van der Waals surface area contributed by atoms with Crippen molar-refractivity contribution in [2.45, 2.75) is 297 Å². The molecule has 67 heavy (non-hydrogen) atoms. The third kappa shape index (κ3) is 53.9. The fraction of sp³-hybridized carbons (Fsp3) is 0.787. The molecule has 0 bridgehead atoms. The highest BCUT2D eigenvalue weighted by Crippen LogP contribution is 2.15. The molecule has 6 nitrogen and oxygen atoms in total. The Morgan fingerprint density at radius 1 is 0.299 bits per heavy atom. The molecule has 388 valence electrons. The standard InChI is InChI=1S/C61H108O6/c1-4-7-10-13-16-19-22-25-28-30-33-35-38-41-44-47-50-53-59(62)65-56-58(67-61(64)55-52-49-46-43-40-37-32-27-24-21-18-15-12-9-6-3)57-66-60(63)54-51-48-45-42-39-36-34-31-29-26-23-20-17-14-11-8-5-2/h18,21,25-29,32,40,43,58H,4-17,19-20,22-24,30-31,33-39,41-42,44-57H2,1-3H3/b21-18-,28-25-,29-26-,32-27-,43-40-. The number of allylic oxidation sites excluding steroid dienone is 10. The van der Waals surface area contributed by atoms with Crippen LogP contribution in [0.25, 0.3) is 0 Å². The highest BCUT2D eigenvalue weighted by molar-refractivity contribution is 5.71. The molecule has 0 atom stereocenters. The Kier molecular flexibility index (Phi) is 53.3. The largest absolute Gasteiger partial charge is 0.462 e. The number of hydrogen-bond acceptors (Lipinski definition) is 6. The summed E-state index contributed by atoms with van der Waals surface area (Å²) >= 11 is 0. The molecule has 0 N–H and O–H groups in total. The van der Waals surface area contributed by atoms with Crippen molar-refractivity contribution in [2.75, 3.05) is 13.2 Å². The summed E-state index contributed by atoms with van der Waals surface area (Å²) < 4.78 is 16.8. The van der Waals surface area contributed by atoms with Crippen molar-refractivity contribution < 1.29 is 28.6 Å². The molecule has 0 unspecified atom stereocenters. The SMILES string of the molecule is CCCCC/C=C\C/C=C\C/C=C\CCCCC(=O)OC(COC(=O)CCCCCCCCC/C=C\CCCCCCCC)COC(=O)CCCCCCCCC/C=C\CCCCCCCC. The molecule has 0 aromatic heterocycles. The summed E-state index contributed by atoms with van der Waals surface area (Å²) in [5.41, 5.74) is 0. The average molecular weight is 938 g/mol. The molecule has 6 heteroatoms. The summed E-state index contributed by atoms with van der Waals surface area (Å²) in [5.74, 6) is -0.929. The van der Waals surface area contributed by atoms with Crippen molar-refractivity contribution in [1.29, 1.82) is 0 Å². The molecule has 0 amide bonds. The van der Waals surface area contributed by atoms with Crippen LogP contribution in [0.4, 0.5) is 0 Å². The predicted molar refractivity (Wildman–Crippen MR) is 288 cm³/mol. The lowest BCUT2D eigenvalue weighted by molar-refractivity contribution is -0.167. The normalized spacial score (nSPS) is 12.1. The zero-order valence-electron chi connectivity index (χ0n) is 44.4. The maximum Gasteiger partial charge on any atom is 0.306 e. The molecular weight excluding hydrogens is 829 g/mol. The summed E-state index contributed by atoms with van der Waals surface area (Å²) in [5, 5.41) is 0. The first-order chi connectivity index (χ1) is 33.0. The maximum atomic E-state index is 12.8. The van der Waals surface area contributed by atoms with Gasteiger partial charge in [0, 0.05) is 19.3 Å². The van der Waals surface area contributed by atoms with Crippen molar-refractivity contribution in [2.24, 2.45) is 0 Å². The molecule has 0 aliphatic carbocycles. The zero-order chi connectivity index (χ0) is 48.6. The van der Waals surface area contributed by atoms with Gasteiger partial charge in [0.1, 0.15) is 13.2 Å². The highest BCUT2D eigenvalue weighted by atomic mass is 16.6. The van der Waals surface area contributed by atoms with Gasteiger partial charge in [0.15, 0.2) is 6.10 Å². The first-order valence-corrected chi connectivity index (χ1v) is 28.8. The minimum atomic E-state index is -0.797. The number of hydrogen-bond donors (Lipinski definition) is 0. The molecule has 0 aromatic rings. The van der Waals surface area contributed by atoms with Crippen LogP contribution in [0.2, 0.25) is 0 Å². The molecule has 0 saturated carbocycles. The predicted octanol–water partition coefficient (Wildman–Crippen LogP) is 19.2. The lowest BCUT2D eigenvalue weighted by Crippen LogP contribution is -2.30. The Hall–Kier alpha value is -2.89. The lowest BCUT2D eigenvalue weighted by Gasteiger charge is -2.18. The lowest BCUT2D eigenvalue weighted by atomic mass is 10.1. The second kappa shape index (κ2) is 55.7. The Labute approximate surface area is 415 Å². The van der Waals surface area contributed by atoms with Crippen molar-refractivity contribution >= 4 is 17.9 Å². The molecule has 0 rings (SSSR count). The van der Waals surface area contributed by atoms with E-state index in [-0.39, 0.29) is 37.5 Å². The van der Waals surface area contributed by atoms with E-state index in [1.54, 1.807) is 0 Å². The smallest absolute Gasteiger partial charge is 0.306 e. The van der Waals surface area contributed by atoms with Gasteiger partial charge in [-0.15, -0.1) is 0 Å². The van der Waals surface area contributed by atoms with Crippen molar-refractivity contribution in [3.05, 3.63) is 60.8 Å². The van der Waals surface area contributed by atoms with Crippen LogP contribution in [0.3, 0.4) is 0 Å². The minimum absolute atomic E-state index is 0.0922. The molecule has 0 aliphatic heterocycles. The average Bonchev–Trinajstić information content (AvgIpc) is 3.33.